The van der Waals surface area contributed by atoms with Crippen LogP contribution in [0.4, 0.5) is 20.2 Å². The molecule has 0 fully saturated rings. The van der Waals surface area contributed by atoms with E-state index in [1.807, 2.05) is 6.07 Å². The molecule has 1 heterocycles. The lowest BCUT2D eigenvalue weighted by Gasteiger charge is -2.09. The maximum atomic E-state index is 13.6. The van der Waals surface area contributed by atoms with Gasteiger partial charge in [-0.2, -0.15) is 5.26 Å². The summed E-state index contributed by atoms with van der Waals surface area (Å²) in [7, 11) is 0. The van der Waals surface area contributed by atoms with Crippen LogP contribution in [-0.4, -0.2) is 4.98 Å². The van der Waals surface area contributed by atoms with E-state index in [0.29, 0.717) is 11.3 Å². The summed E-state index contributed by atoms with van der Waals surface area (Å²) in [6.45, 7) is 1.48. The van der Waals surface area contributed by atoms with Crippen molar-refractivity contribution in [2.45, 2.75) is 6.92 Å². The van der Waals surface area contributed by atoms with E-state index in [1.54, 1.807) is 0 Å². The second-order valence-corrected chi connectivity index (χ2v) is 3.74. The third kappa shape index (κ3) is 2.28. The first-order chi connectivity index (χ1) is 8.61. The molecule has 1 aromatic carbocycles. The van der Waals surface area contributed by atoms with Gasteiger partial charge in [-0.3, -0.25) is 4.98 Å². The van der Waals surface area contributed by atoms with E-state index in [1.165, 1.54) is 25.4 Å². The minimum atomic E-state index is -0.582. The van der Waals surface area contributed by atoms with Gasteiger partial charge >= 0.3 is 0 Å². The Morgan fingerprint density at radius 3 is 2.72 bits per heavy atom. The molecule has 2 rings (SSSR count). The van der Waals surface area contributed by atoms with Crippen LogP contribution in [0.5, 0.6) is 0 Å². The van der Waals surface area contributed by atoms with Crippen LogP contribution in [0.2, 0.25) is 0 Å². The molecule has 0 spiro atoms. The minimum absolute atomic E-state index is 0.0254. The second-order valence-electron chi connectivity index (χ2n) is 3.74. The summed E-state index contributed by atoms with van der Waals surface area (Å²) in [5.41, 5.74) is 0.847. The quantitative estimate of drug-likeness (QED) is 0.883. The Morgan fingerprint density at radius 2 is 2.00 bits per heavy atom. The monoisotopic (exact) mass is 245 g/mol. The third-order valence-corrected chi connectivity index (χ3v) is 2.46. The second kappa shape index (κ2) is 4.80. The number of aromatic nitrogens is 1. The Kier molecular flexibility index (Phi) is 3.20. The van der Waals surface area contributed by atoms with Crippen LogP contribution in [-0.2, 0) is 0 Å². The number of benzene rings is 1. The summed E-state index contributed by atoms with van der Waals surface area (Å²) >= 11 is 0. The maximum Gasteiger partial charge on any atom is 0.147 e. The average Bonchev–Trinajstić information content (AvgIpc) is 2.36. The molecule has 18 heavy (non-hydrogen) atoms. The Bertz CT molecular complexity index is 633. The van der Waals surface area contributed by atoms with Crippen molar-refractivity contribution in [1.82, 2.24) is 4.98 Å². The molecular formula is C13H9F2N3. The Labute approximate surface area is 103 Å². The first-order valence-corrected chi connectivity index (χ1v) is 5.18. The summed E-state index contributed by atoms with van der Waals surface area (Å²) in [5.74, 6) is -1.09. The van der Waals surface area contributed by atoms with Crippen LogP contribution < -0.4 is 5.32 Å². The van der Waals surface area contributed by atoms with Crippen molar-refractivity contribution < 1.29 is 8.78 Å². The highest BCUT2D eigenvalue weighted by atomic mass is 19.1. The molecule has 0 radical (unpaired) electrons. The summed E-state index contributed by atoms with van der Waals surface area (Å²) < 4.78 is 27.0. The van der Waals surface area contributed by atoms with E-state index in [2.05, 4.69) is 10.3 Å². The molecule has 0 amide bonds. The van der Waals surface area contributed by atoms with Crippen molar-refractivity contribution >= 4 is 11.4 Å². The highest BCUT2D eigenvalue weighted by molar-refractivity contribution is 5.66. The first-order valence-electron chi connectivity index (χ1n) is 5.18. The smallest absolute Gasteiger partial charge is 0.147 e. The molecule has 1 aromatic heterocycles. The lowest BCUT2D eigenvalue weighted by Crippen LogP contribution is -1.99. The minimum Gasteiger partial charge on any atom is -0.351 e. The molecule has 0 atom stereocenters. The fourth-order valence-corrected chi connectivity index (χ4v) is 1.48. The molecule has 0 aliphatic rings. The molecule has 0 unspecified atom stereocenters. The van der Waals surface area contributed by atoms with Crippen LogP contribution in [0.25, 0.3) is 0 Å². The Morgan fingerprint density at radius 1 is 1.22 bits per heavy atom. The van der Waals surface area contributed by atoms with Gasteiger partial charge in [0.2, 0.25) is 0 Å². The van der Waals surface area contributed by atoms with Crippen LogP contribution in [0.15, 0.2) is 30.6 Å². The van der Waals surface area contributed by atoms with Crippen molar-refractivity contribution in [3.8, 4) is 6.07 Å². The number of anilines is 2. The molecule has 0 aliphatic heterocycles. The maximum absolute atomic E-state index is 13.6. The number of nitrogens with zero attached hydrogens (tertiary/aromatic N) is 2. The third-order valence-electron chi connectivity index (χ3n) is 2.46. The van der Waals surface area contributed by atoms with Gasteiger partial charge in [0.05, 0.1) is 23.1 Å². The predicted octanol–water partition coefficient (Wildman–Crippen LogP) is 3.28. The number of pyridine rings is 1. The molecule has 5 heteroatoms. The van der Waals surface area contributed by atoms with Gasteiger partial charge in [-0.1, -0.05) is 0 Å². The molecule has 1 N–H and O–H groups in total. The fraction of sp³-hybridized carbons (Fsp3) is 0.0769. The summed E-state index contributed by atoms with van der Waals surface area (Å²) in [4.78, 5) is 3.83. The van der Waals surface area contributed by atoms with Gasteiger partial charge in [-0.05, 0) is 24.6 Å². The molecule has 0 saturated carbocycles. The van der Waals surface area contributed by atoms with Crippen molar-refractivity contribution in [1.29, 1.82) is 5.26 Å². The molecule has 0 aliphatic carbocycles. The van der Waals surface area contributed by atoms with Crippen LogP contribution >= 0.6 is 0 Å². The summed E-state index contributed by atoms with van der Waals surface area (Å²) in [6, 6.07) is 5.59. The number of halogens is 2. The van der Waals surface area contributed by atoms with Crippen molar-refractivity contribution in [3.63, 3.8) is 0 Å². The van der Waals surface area contributed by atoms with E-state index in [4.69, 9.17) is 5.26 Å². The van der Waals surface area contributed by atoms with Gasteiger partial charge in [0.25, 0.3) is 0 Å². The normalized spacial score (nSPS) is 9.89. The zero-order valence-electron chi connectivity index (χ0n) is 9.54. The lowest BCUT2D eigenvalue weighted by atomic mass is 10.2. The molecule has 3 nitrogen and oxygen atoms in total. The lowest BCUT2D eigenvalue weighted by molar-refractivity contribution is 0.595. The summed E-state index contributed by atoms with van der Waals surface area (Å²) in [6.07, 6.45) is 2.84. The van der Waals surface area contributed by atoms with Gasteiger partial charge in [0.15, 0.2) is 0 Å². The van der Waals surface area contributed by atoms with Gasteiger partial charge in [-0.25, -0.2) is 8.78 Å². The number of nitriles is 1. The zero-order chi connectivity index (χ0) is 13.1. The Balaban J connectivity index is 2.41. The number of rotatable bonds is 2. The standard InChI is InChI=1S/C13H9F2N3/c1-8-4-11(15)12(5-10(8)14)18-13-7-17-3-2-9(13)6-16/h2-5,7,18H,1H3. The van der Waals surface area contributed by atoms with Crippen LogP contribution in [0.3, 0.4) is 0 Å². The average molecular weight is 245 g/mol. The molecule has 0 bridgehead atoms. The van der Waals surface area contributed by atoms with Crippen molar-refractivity contribution in [2.24, 2.45) is 0 Å². The van der Waals surface area contributed by atoms with Gasteiger partial charge in [0.1, 0.15) is 17.7 Å². The zero-order valence-corrected chi connectivity index (χ0v) is 9.54. The molecule has 0 saturated heterocycles. The van der Waals surface area contributed by atoms with Crippen molar-refractivity contribution in [3.05, 3.63) is 53.4 Å². The number of aryl methyl sites for hydroxylation is 1. The number of nitrogens with one attached hydrogen (secondary N) is 1. The fourth-order valence-electron chi connectivity index (χ4n) is 1.48. The topological polar surface area (TPSA) is 48.7 Å². The SMILES string of the molecule is Cc1cc(F)c(Nc2cnccc2C#N)cc1F. The van der Waals surface area contributed by atoms with E-state index in [0.717, 1.165) is 12.1 Å². The molecule has 2 aromatic rings. The highest BCUT2D eigenvalue weighted by Gasteiger charge is 2.09. The van der Waals surface area contributed by atoms with E-state index >= 15 is 0 Å². The first kappa shape index (κ1) is 12.0. The van der Waals surface area contributed by atoms with Crippen LogP contribution in [0, 0.1) is 29.9 Å². The predicted molar refractivity (Wildman–Crippen MR) is 63.3 cm³/mol. The van der Waals surface area contributed by atoms with E-state index in [9.17, 15) is 8.78 Å². The Hall–Kier alpha value is -2.48. The van der Waals surface area contributed by atoms with Gasteiger partial charge in [0, 0.05) is 12.3 Å². The van der Waals surface area contributed by atoms with E-state index < -0.39 is 11.6 Å². The highest BCUT2D eigenvalue weighted by Crippen LogP contribution is 2.24. The largest absolute Gasteiger partial charge is 0.351 e. The number of hydrogen-bond donors (Lipinski definition) is 1. The van der Waals surface area contributed by atoms with Crippen LogP contribution in [0.1, 0.15) is 11.1 Å². The summed E-state index contributed by atoms with van der Waals surface area (Å²) in [5, 5.41) is 11.5. The number of hydrogen-bond acceptors (Lipinski definition) is 3. The van der Waals surface area contributed by atoms with Gasteiger partial charge < -0.3 is 5.32 Å². The molecular weight excluding hydrogens is 236 g/mol. The van der Waals surface area contributed by atoms with E-state index in [-0.39, 0.29) is 11.3 Å². The van der Waals surface area contributed by atoms with Gasteiger partial charge in [-0.15, -0.1) is 0 Å². The van der Waals surface area contributed by atoms with Crippen molar-refractivity contribution in [2.75, 3.05) is 5.32 Å². The molecule has 90 valence electrons.